The molecule has 0 aliphatic rings. The van der Waals surface area contributed by atoms with Crippen molar-refractivity contribution in [2.75, 3.05) is 32.1 Å². The van der Waals surface area contributed by atoms with Crippen LogP contribution in [-0.2, 0) is 14.8 Å². The molecule has 2 aromatic rings. The molecule has 0 atom stereocenters. The first kappa shape index (κ1) is 21.8. The smallest absolute Gasteiger partial charge is 0.243 e. The molecule has 0 spiro atoms. The van der Waals surface area contributed by atoms with Gasteiger partial charge in [0, 0.05) is 29.1 Å². The van der Waals surface area contributed by atoms with E-state index >= 15 is 0 Å². The average Bonchev–Trinajstić information content (AvgIpc) is 2.66. The number of amides is 1. The SMILES string of the molecule is CSc1ccc(S(=O)(=O)N(C)CC(=O)NCCSc2ccc(C)cc2)cc1. The zero-order valence-electron chi connectivity index (χ0n) is 15.6. The summed E-state index contributed by atoms with van der Waals surface area (Å²) in [6.07, 6.45) is 1.93. The van der Waals surface area contributed by atoms with Gasteiger partial charge in [0.1, 0.15) is 0 Å². The molecule has 0 saturated heterocycles. The van der Waals surface area contributed by atoms with Crippen LogP contribution in [0.5, 0.6) is 0 Å². The monoisotopic (exact) mass is 424 g/mol. The molecule has 27 heavy (non-hydrogen) atoms. The molecule has 0 heterocycles. The zero-order chi connectivity index (χ0) is 19.9. The average molecular weight is 425 g/mol. The molecule has 0 saturated carbocycles. The quantitative estimate of drug-likeness (QED) is 0.494. The molecule has 0 aliphatic carbocycles. The van der Waals surface area contributed by atoms with E-state index in [1.165, 1.54) is 12.6 Å². The van der Waals surface area contributed by atoms with Crippen molar-refractivity contribution < 1.29 is 13.2 Å². The zero-order valence-corrected chi connectivity index (χ0v) is 18.1. The maximum atomic E-state index is 12.5. The number of likely N-dealkylation sites (N-methyl/N-ethyl adjacent to an activating group) is 1. The second-order valence-corrected chi connectivity index (χ2v) is 10.0. The van der Waals surface area contributed by atoms with Crippen LogP contribution in [0.15, 0.2) is 63.2 Å². The summed E-state index contributed by atoms with van der Waals surface area (Å²) in [4.78, 5) is 14.4. The fraction of sp³-hybridized carbons (Fsp3) is 0.316. The third kappa shape index (κ3) is 6.57. The number of thioether (sulfide) groups is 2. The summed E-state index contributed by atoms with van der Waals surface area (Å²) >= 11 is 3.19. The van der Waals surface area contributed by atoms with E-state index in [1.54, 1.807) is 47.8 Å². The molecule has 0 aromatic heterocycles. The number of carbonyl (C=O) groups is 1. The standard InChI is InChI=1S/C19H24N2O3S3/c1-15-4-6-17(7-5-15)26-13-12-20-19(22)14-21(2)27(23,24)18-10-8-16(25-3)9-11-18/h4-11H,12-14H2,1-3H3,(H,20,22). The minimum Gasteiger partial charge on any atom is -0.354 e. The molecule has 2 rings (SSSR count). The lowest BCUT2D eigenvalue weighted by molar-refractivity contribution is -0.121. The molecule has 0 bridgehead atoms. The van der Waals surface area contributed by atoms with E-state index in [-0.39, 0.29) is 17.3 Å². The van der Waals surface area contributed by atoms with Crippen LogP contribution >= 0.6 is 23.5 Å². The lowest BCUT2D eigenvalue weighted by atomic mass is 10.2. The van der Waals surface area contributed by atoms with Gasteiger partial charge in [-0.05, 0) is 49.6 Å². The van der Waals surface area contributed by atoms with E-state index in [4.69, 9.17) is 0 Å². The second kappa shape index (κ2) is 10.2. The first-order chi connectivity index (χ1) is 12.8. The van der Waals surface area contributed by atoms with Gasteiger partial charge in [0.25, 0.3) is 0 Å². The Morgan fingerprint density at radius 1 is 1.04 bits per heavy atom. The van der Waals surface area contributed by atoms with Gasteiger partial charge in [-0.1, -0.05) is 17.7 Å². The molecule has 0 fully saturated rings. The van der Waals surface area contributed by atoms with Crippen molar-refractivity contribution in [3.05, 3.63) is 54.1 Å². The summed E-state index contributed by atoms with van der Waals surface area (Å²) in [7, 11) is -2.26. The van der Waals surface area contributed by atoms with Crippen molar-refractivity contribution in [1.82, 2.24) is 9.62 Å². The molecule has 0 aliphatic heterocycles. The maximum Gasteiger partial charge on any atom is 0.243 e. The number of benzene rings is 2. The minimum absolute atomic E-state index is 0.186. The van der Waals surface area contributed by atoms with E-state index < -0.39 is 10.0 Å². The molecular formula is C19H24N2O3S3. The number of nitrogens with zero attached hydrogens (tertiary/aromatic N) is 1. The maximum absolute atomic E-state index is 12.5. The topological polar surface area (TPSA) is 66.5 Å². The Morgan fingerprint density at radius 3 is 2.22 bits per heavy atom. The number of carbonyl (C=O) groups excluding carboxylic acids is 1. The summed E-state index contributed by atoms with van der Waals surface area (Å²) in [5.74, 6) is 0.410. The van der Waals surface area contributed by atoms with E-state index in [0.29, 0.717) is 6.54 Å². The number of aryl methyl sites for hydroxylation is 1. The number of nitrogens with one attached hydrogen (secondary N) is 1. The minimum atomic E-state index is -3.68. The van der Waals surface area contributed by atoms with Crippen molar-refractivity contribution in [2.24, 2.45) is 0 Å². The van der Waals surface area contributed by atoms with E-state index in [9.17, 15) is 13.2 Å². The molecule has 0 radical (unpaired) electrons. The van der Waals surface area contributed by atoms with Crippen LogP contribution in [0.1, 0.15) is 5.56 Å². The highest BCUT2D eigenvalue weighted by molar-refractivity contribution is 7.99. The normalized spacial score (nSPS) is 11.6. The Kier molecular flexibility index (Phi) is 8.22. The fourth-order valence-corrected chi connectivity index (χ4v) is 4.57. The Balaban J connectivity index is 1.80. The molecule has 0 unspecified atom stereocenters. The molecule has 5 nitrogen and oxygen atoms in total. The van der Waals surface area contributed by atoms with Gasteiger partial charge in [-0.3, -0.25) is 4.79 Å². The van der Waals surface area contributed by atoms with E-state index in [1.807, 2.05) is 37.4 Å². The van der Waals surface area contributed by atoms with Gasteiger partial charge in [0.15, 0.2) is 0 Å². The van der Waals surface area contributed by atoms with Crippen LogP contribution in [0.4, 0.5) is 0 Å². The Bertz CT molecular complexity index is 851. The third-order valence-electron chi connectivity index (χ3n) is 3.85. The predicted octanol–water partition coefficient (Wildman–Crippen LogP) is 3.25. The number of hydrogen-bond acceptors (Lipinski definition) is 5. The summed E-state index contributed by atoms with van der Waals surface area (Å²) in [6.45, 7) is 2.31. The van der Waals surface area contributed by atoms with Crippen molar-refractivity contribution in [2.45, 2.75) is 21.6 Å². The number of hydrogen-bond donors (Lipinski definition) is 1. The van der Waals surface area contributed by atoms with Gasteiger partial charge in [-0.25, -0.2) is 8.42 Å². The van der Waals surface area contributed by atoms with E-state index in [0.717, 1.165) is 19.8 Å². The Hall–Kier alpha value is -1.48. The van der Waals surface area contributed by atoms with Crippen molar-refractivity contribution in [1.29, 1.82) is 0 Å². The number of sulfonamides is 1. The van der Waals surface area contributed by atoms with Gasteiger partial charge in [0.05, 0.1) is 11.4 Å². The van der Waals surface area contributed by atoms with Crippen LogP contribution in [0.25, 0.3) is 0 Å². The lowest BCUT2D eigenvalue weighted by Crippen LogP contribution is -2.39. The fourth-order valence-electron chi connectivity index (χ4n) is 2.26. The highest BCUT2D eigenvalue weighted by Gasteiger charge is 2.22. The van der Waals surface area contributed by atoms with Crippen LogP contribution in [-0.4, -0.2) is 50.8 Å². The van der Waals surface area contributed by atoms with Crippen molar-refractivity contribution in [3.63, 3.8) is 0 Å². The van der Waals surface area contributed by atoms with Gasteiger partial charge in [0.2, 0.25) is 15.9 Å². The highest BCUT2D eigenvalue weighted by Crippen LogP contribution is 2.20. The summed E-state index contributed by atoms with van der Waals surface area (Å²) in [5.41, 5.74) is 1.21. The third-order valence-corrected chi connectivity index (χ3v) is 7.42. The van der Waals surface area contributed by atoms with Gasteiger partial charge < -0.3 is 5.32 Å². The highest BCUT2D eigenvalue weighted by atomic mass is 32.2. The van der Waals surface area contributed by atoms with Crippen molar-refractivity contribution >= 4 is 39.5 Å². The molecule has 1 N–H and O–H groups in total. The van der Waals surface area contributed by atoms with E-state index in [2.05, 4.69) is 5.32 Å². The van der Waals surface area contributed by atoms with Gasteiger partial charge in [-0.2, -0.15) is 4.31 Å². The predicted molar refractivity (Wildman–Crippen MR) is 113 cm³/mol. The Morgan fingerprint density at radius 2 is 1.63 bits per heavy atom. The second-order valence-electron chi connectivity index (χ2n) is 5.95. The lowest BCUT2D eigenvalue weighted by Gasteiger charge is -2.17. The molecular weight excluding hydrogens is 400 g/mol. The van der Waals surface area contributed by atoms with Crippen LogP contribution in [0, 0.1) is 6.92 Å². The molecule has 146 valence electrons. The summed E-state index contributed by atoms with van der Waals surface area (Å²) in [5, 5.41) is 2.77. The summed E-state index contributed by atoms with van der Waals surface area (Å²) in [6, 6.07) is 14.8. The summed E-state index contributed by atoms with van der Waals surface area (Å²) < 4.78 is 26.2. The first-order valence-corrected chi connectivity index (χ1v) is 12.0. The van der Waals surface area contributed by atoms with Gasteiger partial charge >= 0.3 is 0 Å². The number of rotatable bonds is 9. The van der Waals surface area contributed by atoms with Crippen molar-refractivity contribution in [3.8, 4) is 0 Å². The molecule has 1 amide bonds. The molecule has 2 aromatic carbocycles. The van der Waals surface area contributed by atoms with Gasteiger partial charge in [-0.15, -0.1) is 23.5 Å². The van der Waals surface area contributed by atoms with Crippen LogP contribution in [0.3, 0.4) is 0 Å². The Labute approximate surface area is 170 Å². The van der Waals surface area contributed by atoms with Crippen LogP contribution in [0.2, 0.25) is 0 Å². The first-order valence-electron chi connectivity index (χ1n) is 8.39. The largest absolute Gasteiger partial charge is 0.354 e. The van der Waals surface area contributed by atoms with Crippen LogP contribution < -0.4 is 5.32 Å². The molecule has 8 heteroatoms.